The van der Waals surface area contributed by atoms with Gasteiger partial charge in [0.05, 0.1) is 0 Å². The molecule has 0 aromatic rings. The van der Waals surface area contributed by atoms with Crippen LogP contribution >= 0.6 is 0 Å². The fraction of sp³-hybridized carbons (Fsp3) is 0.750. The number of carbonyl (C=O) groups is 1. The molecule has 0 N–H and O–H groups in total. The molecule has 0 radical (unpaired) electrons. The van der Waals surface area contributed by atoms with E-state index in [9.17, 15) is 4.79 Å². The minimum absolute atomic E-state index is 0.0547. The topological polar surface area (TPSA) is 26.3 Å². The predicted octanol–water partition coefficient (Wildman–Crippen LogP) is 9.26. The Labute approximate surface area is 188 Å². The molecule has 174 valence electrons. The molecule has 2 nitrogen and oxygen atoms in total. The Bertz CT molecular complexity index is 481. The highest BCUT2D eigenvalue weighted by atomic mass is 16.5. The largest absolute Gasteiger partial charge is 0.461 e. The van der Waals surface area contributed by atoms with Crippen molar-refractivity contribution >= 4 is 5.97 Å². The lowest BCUT2D eigenvalue weighted by Gasteiger charge is -2.04. The van der Waals surface area contributed by atoms with Crippen LogP contribution in [0.3, 0.4) is 0 Å². The molecule has 0 saturated carbocycles. The molecule has 0 unspecified atom stereocenters. The number of carbonyl (C=O) groups excluding carboxylic acids is 1. The Morgan fingerprint density at radius 1 is 0.667 bits per heavy atom. The first-order valence-corrected chi connectivity index (χ1v) is 12.7. The lowest BCUT2D eigenvalue weighted by molar-refractivity contribution is -0.142. The standard InChI is InChI=1S/C28H50O2/c1-5-6-7-8-9-10-11-12-13-14-15-16-17-18-19-23-28(29)30-25-24-27(4)22-20-21-26(2)3/h12-13,21,24H,5-11,14-20,22-23,25H2,1-4H3/b13-12-,27-24-. The van der Waals surface area contributed by atoms with E-state index in [2.05, 4.69) is 45.9 Å². The summed E-state index contributed by atoms with van der Waals surface area (Å²) in [5.41, 5.74) is 2.65. The number of esters is 1. The number of allylic oxidation sites excluding steroid dienone is 5. The lowest BCUT2D eigenvalue weighted by atomic mass is 10.1. The molecule has 0 aliphatic carbocycles. The first-order valence-electron chi connectivity index (χ1n) is 12.7. The van der Waals surface area contributed by atoms with E-state index < -0.39 is 0 Å². The maximum atomic E-state index is 11.8. The van der Waals surface area contributed by atoms with Gasteiger partial charge in [0.2, 0.25) is 0 Å². The summed E-state index contributed by atoms with van der Waals surface area (Å²) in [6.07, 6.45) is 28.3. The predicted molar refractivity (Wildman–Crippen MR) is 133 cm³/mol. The second-order valence-electron chi connectivity index (χ2n) is 8.89. The number of ether oxygens (including phenoxy) is 1. The first kappa shape index (κ1) is 28.7. The lowest BCUT2D eigenvalue weighted by Crippen LogP contribution is -2.04. The SMILES string of the molecule is CCCCCCCC/C=C\CCCCCCCC(=O)OC/C=C(/C)CCC=C(C)C. The Kier molecular flexibility index (Phi) is 21.4. The highest BCUT2D eigenvalue weighted by Gasteiger charge is 2.01. The van der Waals surface area contributed by atoms with Crippen LogP contribution in [0.2, 0.25) is 0 Å². The van der Waals surface area contributed by atoms with Gasteiger partial charge in [0.25, 0.3) is 0 Å². The number of hydrogen-bond acceptors (Lipinski definition) is 2. The van der Waals surface area contributed by atoms with E-state index in [0.29, 0.717) is 13.0 Å². The Morgan fingerprint density at radius 3 is 1.83 bits per heavy atom. The van der Waals surface area contributed by atoms with Crippen molar-refractivity contribution in [2.45, 2.75) is 130 Å². The van der Waals surface area contributed by atoms with Crippen LogP contribution < -0.4 is 0 Å². The second-order valence-corrected chi connectivity index (χ2v) is 8.89. The molecule has 0 rings (SSSR count). The van der Waals surface area contributed by atoms with E-state index in [1.165, 1.54) is 81.8 Å². The van der Waals surface area contributed by atoms with E-state index in [0.717, 1.165) is 25.7 Å². The first-order chi connectivity index (χ1) is 14.6. The molecule has 0 spiro atoms. The summed E-state index contributed by atoms with van der Waals surface area (Å²) in [5.74, 6) is -0.0547. The molecule has 0 aromatic heterocycles. The van der Waals surface area contributed by atoms with Crippen molar-refractivity contribution in [3.63, 3.8) is 0 Å². The Balaban J connectivity index is 3.42. The van der Waals surface area contributed by atoms with E-state index in [1.807, 2.05) is 6.08 Å². The molecule has 0 aliphatic rings. The molecule has 0 atom stereocenters. The Morgan fingerprint density at radius 2 is 1.23 bits per heavy atom. The molecule has 0 amide bonds. The van der Waals surface area contributed by atoms with Crippen LogP contribution in [0.1, 0.15) is 130 Å². The average molecular weight is 419 g/mol. The summed E-state index contributed by atoms with van der Waals surface area (Å²) in [6, 6.07) is 0. The van der Waals surface area contributed by atoms with Gasteiger partial charge in [-0.1, -0.05) is 87.7 Å². The molecule has 0 heterocycles. The van der Waals surface area contributed by atoms with Crippen molar-refractivity contribution < 1.29 is 9.53 Å². The highest BCUT2D eigenvalue weighted by molar-refractivity contribution is 5.69. The average Bonchev–Trinajstić information content (AvgIpc) is 2.70. The normalized spacial score (nSPS) is 11.8. The van der Waals surface area contributed by atoms with Gasteiger partial charge in [-0.25, -0.2) is 0 Å². The summed E-state index contributed by atoms with van der Waals surface area (Å²) in [7, 11) is 0. The van der Waals surface area contributed by atoms with Crippen molar-refractivity contribution in [3.8, 4) is 0 Å². The van der Waals surface area contributed by atoms with Crippen LogP contribution in [0.15, 0.2) is 35.5 Å². The molecule has 30 heavy (non-hydrogen) atoms. The minimum Gasteiger partial charge on any atom is -0.461 e. The van der Waals surface area contributed by atoms with Crippen molar-refractivity contribution in [2.75, 3.05) is 6.61 Å². The second kappa shape index (κ2) is 22.4. The third-order valence-corrected chi connectivity index (χ3v) is 5.41. The summed E-state index contributed by atoms with van der Waals surface area (Å²) in [6.45, 7) is 9.04. The van der Waals surface area contributed by atoms with Gasteiger partial charge in [-0.2, -0.15) is 0 Å². The van der Waals surface area contributed by atoms with Crippen molar-refractivity contribution in [2.24, 2.45) is 0 Å². The van der Waals surface area contributed by atoms with Gasteiger partial charge in [-0.15, -0.1) is 0 Å². The summed E-state index contributed by atoms with van der Waals surface area (Å²) < 4.78 is 5.32. The fourth-order valence-corrected chi connectivity index (χ4v) is 3.38. The third-order valence-electron chi connectivity index (χ3n) is 5.41. The highest BCUT2D eigenvalue weighted by Crippen LogP contribution is 2.11. The minimum atomic E-state index is -0.0547. The van der Waals surface area contributed by atoms with Crippen LogP contribution in [0, 0.1) is 0 Å². The zero-order valence-corrected chi connectivity index (χ0v) is 20.6. The number of rotatable bonds is 20. The van der Waals surface area contributed by atoms with Crippen LogP contribution in [0.25, 0.3) is 0 Å². The van der Waals surface area contributed by atoms with Crippen molar-refractivity contribution in [3.05, 3.63) is 35.5 Å². The maximum Gasteiger partial charge on any atom is 0.306 e. The number of hydrogen-bond donors (Lipinski definition) is 0. The smallest absolute Gasteiger partial charge is 0.306 e. The van der Waals surface area contributed by atoms with Crippen molar-refractivity contribution in [1.82, 2.24) is 0 Å². The maximum absolute atomic E-state index is 11.8. The van der Waals surface area contributed by atoms with E-state index in [1.54, 1.807) is 0 Å². The summed E-state index contributed by atoms with van der Waals surface area (Å²) in [4.78, 5) is 11.8. The molecule has 0 fully saturated rings. The third kappa shape index (κ3) is 23.0. The number of unbranched alkanes of at least 4 members (excludes halogenated alkanes) is 11. The molecular weight excluding hydrogens is 368 g/mol. The van der Waals surface area contributed by atoms with Gasteiger partial charge in [-0.3, -0.25) is 4.79 Å². The van der Waals surface area contributed by atoms with Crippen molar-refractivity contribution in [1.29, 1.82) is 0 Å². The van der Waals surface area contributed by atoms with Crippen LogP contribution in [0.5, 0.6) is 0 Å². The van der Waals surface area contributed by atoms with E-state index in [-0.39, 0.29) is 5.97 Å². The van der Waals surface area contributed by atoms with Gasteiger partial charge in [-0.05, 0) is 71.8 Å². The van der Waals surface area contributed by atoms with Gasteiger partial charge in [0.15, 0.2) is 0 Å². The van der Waals surface area contributed by atoms with Gasteiger partial charge in [0.1, 0.15) is 6.61 Å². The molecule has 2 heteroatoms. The van der Waals surface area contributed by atoms with Gasteiger partial charge < -0.3 is 4.74 Å². The Hall–Kier alpha value is -1.31. The van der Waals surface area contributed by atoms with E-state index in [4.69, 9.17) is 4.74 Å². The zero-order chi connectivity index (χ0) is 22.3. The zero-order valence-electron chi connectivity index (χ0n) is 20.6. The van der Waals surface area contributed by atoms with Gasteiger partial charge >= 0.3 is 5.97 Å². The molecule has 0 bridgehead atoms. The quantitative estimate of drug-likeness (QED) is 0.112. The molecule has 0 saturated heterocycles. The summed E-state index contributed by atoms with van der Waals surface area (Å²) in [5, 5.41) is 0. The fourth-order valence-electron chi connectivity index (χ4n) is 3.38. The monoisotopic (exact) mass is 418 g/mol. The summed E-state index contributed by atoms with van der Waals surface area (Å²) >= 11 is 0. The molecular formula is C28H50O2. The molecule has 0 aliphatic heterocycles. The van der Waals surface area contributed by atoms with Gasteiger partial charge in [0, 0.05) is 6.42 Å². The molecule has 0 aromatic carbocycles. The van der Waals surface area contributed by atoms with Crippen LogP contribution in [-0.4, -0.2) is 12.6 Å². The van der Waals surface area contributed by atoms with Crippen LogP contribution in [-0.2, 0) is 9.53 Å². The van der Waals surface area contributed by atoms with Crippen LogP contribution in [0.4, 0.5) is 0 Å². The van der Waals surface area contributed by atoms with E-state index >= 15 is 0 Å².